The van der Waals surface area contributed by atoms with Crippen molar-refractivity contribution in [1.29, 1.82) is 0 Å². The highest BCUT2D eigenvalue weighted by atomic mass is 16.5. The van der Waals surface area contributed by atoms with Gasteiger partial charge >= 0.3 is 0 Å². The largest absolute Gasteiger partial charge is 0.489 e. The van der Waals surface area contributed by atoms with E-state index in [1.54, 1.807) is 12.3 Å². The van der Waals surface area contributed by atoms with E-state index in [-0.39, 0.29) is 18.1 Å². The lowest BCUT2D eigenvalue weighted by atomic mass is 9.87. The molecule has 0 radical (unpaired) electrons. The minimum absolute atomic E-state index is 0.114. The first-order valence-electron chi connectivity index (χ1n) is 13.1. The lowest BCUT2D eigenvalue weighted by Gasteiger charge is -2.27. The van der Waals surface area contributed by atoms with Crippen LogP contribution < -0.4 is 10.1 Å². The molecule has 2 atom stereocenters. The standard InChI is InChI=1S/C28H37N3O3/c32-28(27-12-11-25(18-29-27)34-20-26-6-5-15-33-26)30-24-10-9-22-16-21(7-8-23(22)17-24)19-31-13-3-1-2-4-14-31/h7-8,11-12,16,18,24,26H,1-6,9-10,13-15,17,19-20H2,(H,30,32)/t24?,26-/m0/s1. The first-order valence-corrected chi connectivity index (χ1v) is 13.1. The third-order valence-electron chi connectivity index (χ3n) is 7.37. The summed E-state index contributed by atoms with van der Waals surface area (Å²) < 4.78 is 11.3. The summed E-state index contributed by atoms with van der Waals surface area (Å²) in [7, 11) is 0. The number of carbonyl (C=O) groups excluding carboxylic acids is 1. The van der Waals surface area contributed by atoms with E-state index in [9.17, 15) is 4.79 Å². The van der Waals surface area contributed by atoms with Gasteiger partial charge in [-0.15, -0.1) is 0 Å². The number of aryl methyl sites for hydroxylation is 1. The molecular weight excluding hydrogens is 426 g/mol. The zero-order valence-electron chi connectivity index (χ0n) is 20.1. The number of aromatic nitrogens is 1. The molecule has 1 aromatic heterocycles. The van der Waals surface area contributed by atoms with E-state index in [4.69, 9.17) is 9.47 Å². The van der Waals surface area contributed by atoms with Gasteiger partial charge in [0.1, 0.15) is 18.1 Å². The average Bonchev–Trinajstić information content (AvgIpc) is 3.26. The van der Waals surface area contributed by atoms with E-state index < -0.39 is 0 Å². The van der Waals surface area contributed by atoms with Gasteiger partial charge in [0, 0.05) is 19.2 Å². The molecular formula is C28H37N3O3. The summed E-state index contributed by atoms with van der Waals surface area (Å²) in [5, 5.41) is 3.19. The van der Waals surface area contributed by atoms with Gasteiger partial charge in [-0.2, -0.15) is 0 Å². The van der Waals surface area contributed by atoms with Gasteiger partial charge in [-0.1, -0.05) is 31.0 Å². The second kappa shape index (κ2) is 11.3. The number of carbonyl (C=O) groups is 1. The van der Waals surface area contributed by atoms with Gasteiger partial charge in [0.25, 0.3) is 5.91 Å². The molecule has 1 N–H and O–H groups in total. The quantitative estimate of drug-likeness (QED) is 0.663. The van der Waals surface area contributed by atoms with Crippen LogP contribution in [0.25, 0.3) is 0 Å². The Bertz CT molecular complexity index is 948. The lowest BCUT2D eigenvalue weighted by molar-refractivity contribution is 0.0678. The Kier molecular flexibility index (Phi) is 7.76. The number of nitrogens with zero attached hydrogens (tertiary/aromatic N) is 2. The Hall–Kier alpha value is -2.44. The molecule has 2 aliphatic heterocycles. The summed E-state index contributed by atoms with van der Waals surface area (Å²) in [5.41, 5.74) is 4.67. The van der Waals surface area contributed by atoms with Crippen LogP contribution in [0.15, 0.2) is 36.5 Å². The minimum Gasteiger partial charge on any atom is -0.489 e. The molecule has 182 valence electrons. The number of hydrogen-bond donors (Lipinski definition) is 1. The highest BCUT2D eigenvalue weighted by molar-refractivity contribution is 5.92. The molecule has 1 unspecified atom stereocenters. The van der Waals surface area contributed by atoms with Crippen LogP contribution in [0.3, 0.4) is 0 Å². The van der Waals surface area contributed by atoms with Crippen LogP contribution in [0.5, 0.6) is 5.75 Å². The Morgan fingerprint density at radius 1 is 1.06 bits per heavy atom. The van der Waals surface area contributed by atoms with E-state index in [1.807, 2.05) is 6.07 Å². The summed E-state index contributed by atoms with van der Waals surface area (Å²) in [5.74, 6) is 0.562. The summed E-state index contributed by atoms with van der Waals surface area (Å²) in [6.07, 6.45) is 12.2. The van der Waals surface area contributed by atoms with Crippen LogP contribution in [0.2, 0.25) is 0 Å². The van der Waals surface area contributed by atoms with Crippen LogP contribution in [0.4, 0.5) is 0 Å². The van der Waals surface area contributed by atoms with Crippen molar-refractivity contribution in [3.8, 4) is 5.75 Å². The van der Waals surface area contributed by atoms with Crippen molar-refractivity contribution >= 4 is 5.91 Å². The van der Waals surface area contributed by atoms with E-state index >= 15 is 0 Å². The molecule has 1 amide bonds. The van der Waals surface area contributed by atoms with E-state index in [2.05, 4.69) is 33.4 Å². The molecule has 1 aliphatic carbocycles. The highest BCUT2D eigenvalue weighted by Crippen LogP contribution is 2.24. The van der Waals surface area contributed by atoms with Gasteiger partial charge in [-0.3, -0.25) is 9.69 Å². The maximum Gasteiger partial charge on any atom is 0.270 e. The molecule has 0 spiro atoms. The summed E-state index contributed by atoms with van der Waals surface area (Å²) in [4.78, 5) is 19.7. The molecule has 5 rings (SSSR count). The molecule has 2 saturated heterocycles. The third-order valence-corrected chi connectivity index (χ3v) is 7.37. The molecule has 6 heteroatoms. The highest BCUT2D eigenvalue weighted by Gasteiger charge is 2.22. The first kappa shape index (κ1) is 23.3. The van der Waals surface area contributed by atoms with Crippen molar-refractivity contribution in [3.05, 3.63) is 58.9 Å². The molecule has 3 aliphatic rings. The predicted molar refractivity (Wildman–Crippen MR) is 132 cm³/mol. The van der Waals surface area contributed by atoms with Gasteiger partial charge in [-0.25, -0.2) is 4.98 Å². The average molecular weight is 464 g/mol. The van der Waals surface area contributed by atoms with Crippen molar-refractivity contribution in [3.63, 3.8) is 0 Å². The van der Waals surface area contributed by atoms with Crippen LogP contribution in [-0.4, -0.2) is 54.2 Å². The third kappa shape index (κ3) is 6.16. The van der Waals surface area contributed by atoms with Crippen molar-refractivity contribution in [2.75, 3.05) is 26.3 Å². The topological polar surface area (TPSA) is 63.7 Å². The van der Waals surface area contributed by atoms with Crippen molar-refractivity contribution in [2.45, 2.75) is 76.5 Å². The fourth-order valence-corrected chi connectivity index (χ4v) is 5.41. The molecule has 2 fully saturated rings. The maximum atomic E-state index is 12.8. The Balaban J connectivity index is 1.12. The lowest BCUT2D eigenvalue weighted by Crippen LogP contribution is -2.39. The minimum atomic E-state index is -0.114. The number of pyridine rings is 1. The van der Waals surface area contributed by atoms with Gasteiger partial charge in [0.2, 0.25) is 0 Å². The van der Waals surface area contributed by atoms with Gasteiger partial charge in [0.05, 0.1) is 12.3 Å². The SMILES string of the molecule is O=C(NC1CCc2cc(CN3CCCCCC3)ccc2C1)c1ccc(OC[C@@H]2CCCO2)cn1. The number of nitrogens with one attached hydrogen (secondary N) is 1. The molecule has 2 aromatic rings. The van der Waals surface area contributed by atoms with Gasteiger partial charge in [-0.05, 0) is 86.9 Å². The summed E-state index contributed by atoms with van der Waals surface area (Å²) in [6, 6.07) is 10.7. The molecule has 6 nitrogen and oxygen atoms in total. The molecule has 3 heterocycles. The number of benzene rings is 1. The number of hydrogen-bond acceptors (Lipinski definition) is 5. The predicted octanol–water partition coefficient (Wildman–Crippen LogP) is 4.30. The van der Waals surface area contributed by atoms with Gasteiger partial charge < -0.3 is 14.8 Å². The van der Waals surface area contributed by atoms with Crippen LogP contribution in [0, 0.1) is 0 Å². The Morgan fingerprint density at radius 3 is 2.71 bits per heavy atom. The second-order valence-corrected chi connectivity index (χ2v) is 10.0. The first-order chi connectivity index (χ1) is 16.7. The van der Waals surface area contributed by atoms with Crippen LogP contribution in [0.1, 0.15) is 72.1 Å². The van der Waals surface area contributed by atoms with E-state index in [1.165, 1.54) is 55.5 Å². The van der Waals surface area contributed by atoms with E-state index in [0.717, 1.165) is 45.3 Å². The van der Waals surface area contributed by atoms with Crippen LogP contribution in [-0.2, 0) is 24.1 Å². The number of rotatable bonds is 7. The number of fused-ring (bicyclic) bond motifs is 1. The van der Waals surface area contributed by atoms with Crippen molar-refractivity contribution < 1.29 is 14.3 Å². The summed E-state index contributed by atoms with van der Waals surface area (Å²) >= 11 is 0. The smallest absolute Gasteiger partial charge is 0.270 e. The Morgan fingerprint density at radius 2 is 1.94 bits per heavy atom. The zero-order valence-corrected chi connectivity index (χ0v) is 20.1. The van der Waals surface area contributed by atoms with Crippen molar-refractivity contribution in [2.24, 2.45) is 0 Å². The zero-order chi connectivity index (χ0) is 23.2. The fraction of sp³-hybridized carbons (Fsp3) is 0.571. The molecule has 1 aromatic carbocycles. The summed E-state index contributed by atoms with van der Waals surface area (Å²) in [6.45, 7) is 4.86. The molecule has 0 bridgehead atoms. The van der Waals surface area contributed by atoms with Gasteiger partial charge in [0.15, 0.2) is 0 Å². The number of likely N-dealkylation sites (tertiary alicyclic amines) is 1. The molecule has 0 saturated carbocycles. The monoisotopic (exact) mass is 463 g/mol. The van der Waals surface area contributed by atoms with Crippen LogP contribution >= 0.6 is 0 Å². The molecule has 34 heavy (non-hydrogen) atoms. The second-order valence-electron chi connectivity index (χ2n) is 10.0. The van der Waals surface area contributed by atoms with E-state index in [0.29, 0.717) is 18.1 Å². The fourth-order valence-electron chi connectivity index (χ4n) is 5.41. The maximum absolute atomic E-state index is 12.8. The normalized spacial score (nSPS) is 23.2. The number of ether oxygens (including phenoxy) is 2. The number of amides is 1. The van der Waals surface area contributed by atoms with Crippen molar-refractivity contribution in [1.82, 2.24) is 15.2 Å². The Labute approximate surface area is 203 Å².